The fraction of sp³-hybridized carbons (Fsp3) is 0.158. The van der Waals surface area contributed by atoms with Gasteiger partial charge in [-0.05, 0) is 31.2 Å². The molecule has 0 unspecified atom stereocenters. The molecule has 0 fully saturated rings. The first-order valence-electron chi connectivity index (χ1n) is 7.81. The van der Waals surface area contributed by atoms with E-state index in [0.717, 1.165) is 4.68 Å². The first-order chi connectivity index (χ1) is 12.4. The van der Waals surface area contributed by atoms with E-state index in [1.807, 2.05) is 0 Å². The zero-order chi connectivity index (χ0) is 18.8. The van der Waals surface area contributed by atoms with Crippen molar-refractivity contribution < 1.29 is 19.4 Å². The van der Waals surface area contributed by atoms with Gasteiger partial charge in [-0.3, -0.25) is 9.59 Å². The monoisotopic (exact) mass is 351 g/mol. The summed E-state index contributed by atoms with van der Waals surface area (Å²) < 4.78 is 6.31. The van der Waals surface area contributed by atoms with Crippen LogP contribution in [0.25, 0.3) is 10.8 Å². The van der Waals surface area contributed by atoms with Gasteiger partial charge in [0.1, 0.15) is 11.4 Å². The molecule has 3 aromatic rings. The molecule has 0 saturated heterocycles. The van der Waals surface area contributed by atoms with E-state index in [0.29, 0.717) is 16.9 Å². The van der Waals surface area contributed by atoms with Gasteiger partial charge < -0.3 is 14.6 Å². The Morgan fingerprint density at radius 3 is 2.46 bits per heavy atom. The number of Topliss-reactive ketones (excluding diaryl/α,β-unsaturated/α-hetero) is 1. The highest BCUT2D eigenvalue weighted by Crippen LogP contribution is 2.21. The molecule has 0 saturated carbocycles. The maximum atomic E-state index is 12.7. The molecule has 7 heteroatoms. The third kappa shape index (κ3) is 3.06. The summed E-state index contributed by atoms with van der Waals surface area (Å²) in [6, 6.07) is 11.2. The normalized spacial score (nSPS) is 10.7. The minimum atomic E-state index is -1.47. The van der Waals surface area contributed by atoms with Gasteiger partial charge >= 0.3 is 0 Å². The van der Waals surface area contributed by atoms with Crippen LogP contribution in [0.15, 0.2) is 47.3 Å². The summed E-state index contributed by atoms with van der Waals surface area (Å²) in [5, 5.41) is 15.8. The number of fused-ring (bicyclic) bond motifs is 1. The lowest BCUT2D eigenvalue weighted by atomic mass is 10.1. The van der Waals surface area contributed by atoms with Crippen LogP contribution in [0.2, 0.25) is 0 Å². The van der Waals surface area contributed by atoms with Crippen LogP contribution in [0, 0.1) is 0 Å². The van der Waals surface area contributed by atoms with Crippen LogP contribution in [0.3, 0.4) is 0 Å². The lowest BCUT2D eigenvalue weighted by Gasteiger charge is -2.14. The smallest absolute Gasteiger partial charge is 0.274 e. The highest BCUT2D eigenvalue weighted by molar-refractivity contribution is 6.00. The van der Waals surface area contributed by atoms with Crippen molar-refractivity contribution >= 4 is 22.5 Å². The van der Waals surface area contributed by atoms with E-state index in [2.05, 4.69) is 5.10 Å². The van der Waals surface area contributed by atoms with Gasteiger partial charge in [-0.1, -0.05) is 18.2 Å². The van der Waals surface area contributed by atoms with Gasteiger partial charge in [-0.2, -0.15) is 5.10 Å². The third-order valence-corrected chi connectivity index (χ3v) is 4.07. The Bertz CT molecular complexity index is 1080. The summed E-state index contributed by atoms with van der Waals surface area (Å²) in [5.41, 5.74) is 0.229. The van der Waals surface area contributed by atoms with E-state index in [4.69, 9.17) is 4.74 Å². The van der Waals surface area contributed by atoms with Gasteiger partial charge in [0, 0.05) is 16.5 Å². The number of rotatable bonds is 5. The number of aromatic nitrogens is 2. The van der Waals surface area contributed by atoms with Crippen LogP contribution in [-0.4, -0.2) is 28.6 Å². The molecule has 26 heavy (non-hydrogen) atoms. The Balaban J connectivity index is 2.20. The summed E-state index contributed by atoms with van der Waals surface area (Å²) in [4.78, 5) is 35.8. The topological polar surface area (TPSA) is 101 Å². The van der Waals surface area contributed by atoms with Crippen LogP contribution in [-0.2, 0) is 6.54 Å². The number of carbonyl (C=O) groups is 2. The standard InChI is InChI=1S/C19H16N2O5/c1-11(22)12-7-8-16(26-2)13(9-12)10-21-18(23)15-6-4-3-5-14(15)17(20-21)19(24)25/h3-9H,10H2,1-2H3,(H,24,25)/p-1. The minimum Gasteiger partial charge on any atom is -0.543 e. The number of hydrogen-bond acceptors (Lipinski definition) is 6. The van der Waals surface area contributed by atoms with Gasteiger partial charge in [0.2, 0.25) is 0 Å². The number of carbonyl (C=O) groups excluding carboxylic acids is 2. The van der Waals surface area contributed by atoms with E-state index < -0.39 is 11.5 Å². The second kappa shape index (κ2) is 6.79. The summed E-state index contributed by atoms with van der Waals surface area (Å²) in [6.45, 7) is 1.38. The van der Waals surface area contributed by atoms with Crippen molar-refractivity contribution in [3.05, 3.63) is 69.6 Å². The average molecular weight is 351 g/mol. The number of carboxylic acid groups (broad SMARTS) is 1. The molecule has 132 valence electrons. The van der Waals surface area contributed by atoms with Crippen molar-refractivity contribution in [2.75, 3.05) is 7.11 Å². The molecule has 0 aliphatic carbocycles. The summed E-state index contributed by atoms with van der Waals surface area (Å²) in [5.74, 6) is -1.14. The van der Waals surface area contributed by atoms with E-state index in [9.17, 15) is 19.5 Å². The van der Waals surface area contributed by atoms with Crippen molar-refractivity contribution in [2.45, 2.75) is 13.5 Å². The molecule has 0 N–H and O–H groups in total. The van der Waals surface area contributed by atoms with Crippen molar-refractivity contribution in [2.24, 2.45) is 0 Å². The van der Waals surface area contributed by atoms with Crippen molar-refractivity contribution in [1.82, 2.24) is 9.78 Å². The predicted molar refractivity (Wildman–Crippen MR) is 92.4 cm³/mol. The van der Waals surface area contributed by atoms with Gasteiger partial charge in [0.15, 0.2) is 5.78 Å². The molecule has 0 aliphatic rings. The number of aromatic carboxylic acids is 1. The quantitative estimate of drug-likeness (QED) is 0.636. The zero-order valence-electron chi connectivity index (χ0n) is 14.2. The molecule has 0 bridgehead atoms. The Hall–Kier alpha value is -3.48. The molecule has 7 nitrogen and oxygen atoms in total. The number of methoxy groups -OCH3 is 1. The molecule has 1 aromatic heterocycles. The Morgan fingerprint density at radius 2 is 1.85 bits per heavy atom. The SMILES string of the molecule is COc1ccc(C(C)=O)cc1Cn1nc(C(=O)[O-])c2ccccc2c1=O. The molecule has 0 spiro atoms. The van der Waals surface area contributed by atoms with Crippen LogP contribution >= 0.6 is 0 Å². The van der Waals surface area contributed by atoms with Crippen LogP contribution in [0.5, 0.6) is 5.75 Å². The molecular formula is C19H15N2O5-. The zero-order valence-corrected chi connectivity index (χ0v) is 14.2. The average Bonchev–Trinajstić information content (AvgIpc) is 2.63. The number of ether oxygens (including phenoxy) is 1. The third-order valence-electron chi connectivity index (χ3n) is 4.07. The second-order valence-electron chi connectivity index (χ2n) is 5.73. The van der Waals surface area contributed by atoms with Crippen LogP contribution in [0.1, 0.15) is 33.3 Å². The lowest BCUT2D eigenvalue weighted by Crippen LogP contribution is -2.31. The fourth-order valence-corrected chi connectivity index (χ4v) is 2.78. The molecule has 0 atom stereocenters. The predicted octanol–water partition coefficient (Wildman–Crippen LogP) is 1.02. The Morgan fingerprint density at radius 1 is 1.15 bits per heavy atom. The first kappa shape index (κ1) is 17.3. The lowest BCUT2D eigenvalue weighted by molar-refractivity contribution is -0.255. The minimum absolute atomic E-state index is 0.0474. The number of carboxylic acids is 1. The van der Waals surface area contributed by atoms with Crippen LogP contribution in [0.4, 0.5) is 0 Å². The Labute approximate surface area is 148 Å². The molecular weight excluding hydrogens is 336 g/mol. The van der Waals surface area contributed by atoms with E-state index in [-0.39, 0.29) is 28.8 Å². The number of benzene rings is 2. The fourth-order valence-electron chi connectivity index (χ4n) is 2.78. The number of hydrogen-bond donors (Lipinski definition) is 0. The molecule has 3 rings (SSSR count). The van der Waals surface area contributed by atoms with Crippen molar-refractivity contribution in [3.8, 4) is 5.75 Å². The largest absolute Gasteiger partial charge is 0.543 e. The molecule has 2 aromatic carbocycles. The molecule has 0 amide bonds. The highest BCUT2D eigenvalue weighted by Gasteiger charge is 2.14. The van der Waals surface area contributed by atoms with Gasteiger partial charge in [0.25, 0.3) is 5.56 Å². The molecule has 1 heterocycles. The van der Waals surface area contributed by atoms with Crippen molar-refractivity contribution in [3.63, 3.8) is 0 Å². The first-order valence-corrected chi connectivity index (χ1v) is 7.81. The molecule has 0 radical (unpaired) electrons. The molecule has 0 aliphatic heterocycles. The van der Waals surface area contributed by atoms with Crippen LogP contribution < -0.4 is 15.4 Å². The van der Waals surface area contributed by atoms with E-state index in [1.54, 1.807) is 30.3 Å². The van der Waals surface area contributed by atoms with E-state index in [1.165, 1.54) is 26.2 Å². The summed E-state index contributed by atoms with van der Waals surface area (Å²) in [6.07, 6.45) is 0. The number of nitrogens with zero attached hydrogens (tertiary/aromatic N) is 2. The van der Waals surface area contributed by atoms with Crippen molar-refractivity contribution in [1.29, 1.82) is 0 Å². The Kier molecular flexibility index (Phi) is 4.53. The maximum Gasteiger partial charge on any atom is 0.274 e. The highest BCUT2D eigenvalue weighted by atomic mass is 16.5. The maximum absolute atomic E-state index is 12.7. The number of ketones is 1. The summed E-state index contributed by atoms with van der Waals surface area (Å²) in [7, 11) is 1.47. The summed E-state index contributed by atoms with van der Waals surface area (Å²) >= 11 is 0. The van der Waals surface area contributed by atoms with Gasteiger partial charge in [-0.25, -0.2) is 4.68 Å². The van der Waals surface area contributed by atoms with E-state index >= 15 is 0 Å². The second-order valence-corrected chi connectivity index (χ2v) is 5.73. The van der Waals surface area contributed by atoms with Gasteiger partial charge in [0.05, 0.1) is 25.0 Å². The van der Waals surface area contributed by atoms with Gasteiger partial charge in [-0.15, -0.1) is 0 Å².